The van der Waals surface area contributed by atoms with E-state index in [-0.39, 0.29) is 7.33 Å². The van der Waals surface area contributed by atoms with E-state index in [9.17, 15) is 4.79 Å². The van der Waals surface area contributed by atoms with Gasteiger partial charge in [0.1, 0.15) is 0 Å². The number of hydrogen-bond donors (Lipinski definition) is 2. The summed E-state index contributed by atoms with van der Waals surface area (Å²) in [6.07, 6.45) is 4.84. The number of carbonyl (C=O) groups is 1. The predicted molar refractivity (Wildman–Crippen MR) is 137 cm³/mol. The highest BCUT2D eigenvalue weighted by atomic mass is 32.3. The summed E-state index contributed by atoms with van der Waals surface area (Å²) in [7, 11) is 1.45. The summed E-state index contributed by atoms with van der Waals surface area (Å²) < 4.78 is 0. The molecule has 30 heavy (non-hydrogen) atoms. The molecular formula is C24H31N3OS2. The summed E-state index contributed by atoms with van der Waals surface area (Å²) in [6, 6.07) is 18.2. The Kier molecular flexibility index (Phi) is 6.06. The van der Waals surface area contributed by atoms with Gasteiger partial charge in [-0.15, -0.1) is 11.3 Å². The first-order valence-electron chi connectivity index (χ1n) is 10.2. The third-order valence-electron chi connectivity index (χ3n) is 5.67. The maximum atomic E-state index is 12.9. The molecule has 1 saturated heterocycles. The molecule has 1 fully saturated rings. The fraction of sp³-hybridized carbons (Fsp3) is 0.292. The number of nitrogens with one attached hydrogen (secondary N) is 2. The third kappa shape index (κ3) is 4.65. The van der Waals surface area contributed by atoms with E-state index < -0.39 is 10.0 Å². The summed E-state index contributed by atoms with van der Waals surface area (Å²) in [4.78, 5) is 16.5. The number of amides is 1. The number of anilines is 3. The van der Waals surface area contributed by atoms with Gasteiger partial charge in [-0.2, -0.15) is 0 Å². The molecular weight excluding hydrogens is 410 g/mol. The van der Waals surface area contributed by atoms with Crippen molar-refractivity contribution < 1.29 is 6.22 Å². The Labute approximate surface area is 186 Å². The summed E-state index contributed by atoms with van der Waals surface area (Å²) in [5.74, 6) is 2.47. The zero-order valence-corrected chi connectivity index (χ0v) is 19.4. The second-order valence-corrected chi connectivity index (χ2v) is 13.4. The highest BCUT2D eigenvalue weighted by Crippen LogP contribution is 2.42. The molecule has 2 aromatic carbocycles. The molecule has 0 atom stereocenters. The largest absolute Gasteiger partial charge is 0.386 e. The van der Waals surface area contributed by atoms with E-state index in [4.69, 9.17) is 0 Å². The van der Waals surface area contributed by atoms with E-state index in [0.717, 1.165) is 30.0 Å². The summed E-state index contributed by atoms with van der Waals surface area (Å²) in [6.45, 7) is 2.21. The first-order chi connectivity index (χ1) is 14.4. The Hall–Kier alpha value is -2.44. The molecule has 4 rings (SSSR count). The molecule has 0 spiro atoms. The van der Waals surface area contributed by atoms with Crippen molar-refractivity contribution in [3.8, 4) is 10.4 Å². The zero-order valence-electron chi connectivity index (χ0n) is 17.8. The molecule has 1 aliphatic rings. The molecule has 0 unspecified atom stereocenters. The number of carbonyl (C=O) groups excluding carboxylic acids is 1. The van der Waals surface area contributed by atoms with Crippen LogP contribution < -0.4 is 15.5 Å². The maximum Gasteiger partial charge on any atom is 0.255 e. The van der Waals surface area contributed by atoms with Gasteiger partial charge in [0.2, 0.25) is 0 Å². The average Bonchev–Trinajstić information content (AvgIpc) is 3.29. The van der Waals surface area contributed by atoms with E-state index in [1.165, 1.54) is 22.1 Å². The van der Waals surface area contributed by atoms with Crippen LogP contribution in [-0.2, 0) is 0 Å². The molecule has 6 heteroatoms. The number of rotatable bonds is 5. The van der Waals surface area contributed by atoms with Crippen LogP contribution in [0.2, 0.25) is 0 Å². The van der Waals surface area contributed by atoms with Gasteiger partial charge in [-0.3, -0.25) is 4.79 Å². The predicted octanol–water partition coefficient (Wildman–Crippen LogP) is 5.84. The summed E-state index contributed by atoms with van der Waals surface area (Å²) >= 11 is 1.69. The molecule has 1 amide bonds. The van der Waals surface area contributed by atoms with Gasteiger partial charge in [0.15, 0.2) is 0 Å². The standard InChI is InChI=1S/C24H29N3OS2.H2/c1-25-21-11-8-19(23-5-4-14-29-23)17-22(21)26-24(28)18-6-9-20(10-7-18)27-12-15-30(2,3)16-13-27;/h4-11,14,17,25H,12-13,15-16H2,1-3H3,(H,26,28);1H. The van der Waals surface area contributed by atoms with E-state index >= 15 is 0 Å². The van der Waals surface area contributed by atoms with E-state index in [1.54, 1.807) is 11.3 Å². The normalized spacial score (nSPS) is 16.7. The van der Waals surface area contributed by atoms with Crippen molar-refractivity contribution in [3.05, 3.63) is 65.5 Å². The van der Waals surface area contributed by atoms with Crippen LogP contribution >= 0.6 is 21.4 Å². The first kappa shape index (κ1) is 20.8. The van der Waals surface area contributed by atoms with Crippen molar-refractivity contribution in [2.75, 3.05) is 59.7 Å². The van der Waals surface area contributed by atoms with Gasteiger partial charge in [-0.25, -0.2) is 10.0 Å². The second-order valence-electron chi connectivity index (χ2n) is 8.15. The van der Waals surface area contributed by atoms with Crippen LogP contribution in [0.5, 0.6) is 0 Å². The lowest BCUT2D eigenvalue weighted by molar-refractivity contribution is 0.102. The van der Waals surface area contributed by atoms with E-state index in [1.807, 2.05) is 37.4 Å². The van der Waals surface area contributed by atoms with Crippen LogP contribution in [0.15, 0.2) is 60.0 Å². The number of thiophene rings is 1. The second kappa shape index (κ2) is 8.74. The zero-order chi connectivity index (χ0) is 21.1. The van der Waals surface area contributed by atoms with Gasteiger partial charge in [0.25, 0.3) is 5.91 Å². The van der Waals surface area contributed by atoms with Crippen molar-refractivity contribution in [1.29, 1.82) is 0 Å². The molecule has 160 valence electrons. The molecule has 0 radical (unpaired) electrons. The van der Waals surface area contributed by atoms with Crippen LogP contribution in [0, 0.1) is 0 Å². The fourth-order valence-corrected chi connectivity index (χ4v) is 6.02. The molecule has 1 aliphatic heterocycles. The molecule has 0 bridgehead atoms. The van der Waals surface area contributed by atoms with Crippen molar-refractivity contribution in [3.63, 3.8) is 0 Å². The number of nitrogens with zero attached hydrogens (tertiary/aromatic N) is 1. The van der Waals surface area contributed by atoms with Gasteiger partial charge in [-0.1, -0.05) is 12.1 Å². The minimum Gasteiger partial charge on any atom is -0.386 e. The van der Waals surface area contributed by atoms with Gasteiger partial charge in [0, 0.05) is 37.7 Å². The molecule has 0 aliphatic carbocycles. The fourth-order valence-electron chi connectivity index (χ4n) is 3.67. The molecule has 0 saturated carbocycles. The minimum atomic E-state index is -0.417. The van der Waals surface area contributed by atoms with E-state index in [2.05, 4.69) is 57.7 Å². The van der Waals surface area contributed by atoms with Crippen molar-refractivity contribution in [2.24, 2.45) is 0 Å². The van der Waals surface area contributed by atoms with Crippen molar-refractivity contribution in [1.82, 2.24) is 0 Å². The van der Waals surface area contributed by atoms with Crippen LogP contribution in [0.1, 0.15) is 11.8 Å². The van der Waals surface area contributed by atoms with Crippen LogP contribution in [-0.4, -0.2) is 50.1 Å². The van der Waals surface area contributed by atoms with Crippen LogP contribution in [0.4, 0.5) is 17.1 Å². The molecule has 1 aromatic heterocycles. The van der Waals surface area contributed by atoms with Crippen LogP contribution in [0.3, 0.4) is 0 Å². The van der Waals surface area contributed by atoms with Gasteiger partial charge < -0.3 is 15.5 Å². The van der Waals surface area contributed by atoms with Crippen molar-refractivity contribution in [2.45, 2.75) is 0 Å². The van der Waals surface area contributed by atoms with Gasteiger partial charge >= 0.3 is 0 Å². The summed E-state index contributed by atoms with van der Waals surface area (Å²) in [5, 5.41) is 8.31. The smallest absolute Gasteiger partial charge is 0.255 e. The topological polar surface area (TPSA) is 44.4 Å². The molecule has 2 heterocycles. The molecule has 3 aromatic rings. The quantitative estimate of drug-likeness (QED) is 0.523. The SMILES string of the molecule is CNc1ccc(-c2cccs2)cc1NC(=O)c1ccc(N2CCS(C)(C)CC2)cc1.[HH]. The van der Waals surface area contributed by atoms with Gasteiger partial charge in [0.05, 0.1) is 11.4 Å². The Morgan fingerprint density at radius 2 is 1.77 bits per heavy atom. The lowest BCUT2D eigenvalue weighted by atomic mass is 10.1. The Morgan fingerprint density at radius 3 is 2.40 bits per heavy atom. The lowest BCUT2D eigenvalue weighted by Gasteiger charge is -2.42. The van der Waals surface area contributed by atoms with Crippen molar-refractivity contribution >= 4 is 44.3 Å². The minimum absolute atomic E-state index is 0. The van der Waals surface area contributed by atoms with Gasteiger partial charge in [-0.05, 0) is 77.4 Å². The van der Waals surface area contributed by atoms with Crippen LogP contribution in [0.25, 0.3) is 10.4 Å². The number of benzene rings is 2. The Morgan fingerprint density at radius 1 is 1.03 bits per heavy atom. The Bertz CT molecular complexity index is 1010. The number of hydrogen-bond acceptors (Lipinski definition) is 4. The monoisotopic (exact) mass is 441 g/mol. The Balaban J connectivity index is 0.00000272. The lowest BCUT2D eigenvalue weighted by Crippen LogP contribution is -2.37. The summed E-state index contributed by atoms with van der Waals surface area (Å²) in [5.41, 5.74) is 4.67. The average molecular weight is 442 g/mol. The third-order valence-corrected chi connectivity index (χ3v) is 9.16. The molecule has 2 N–H and O–H groups in total. The highest BCUT2D eigenvalue weighted by molar-refractivity contribution is 8.32. The first-order valence-corrected chi connectivity index (χ1v) is 13.8. The molecule has 4 nitrogen and oxygen atoms in total. The maximum absolute atomic E-state index is 12.9. The highest BCUT2D eigenvalue weighted by Gasteiger charge is 2.21. The van der Waals surface area contributed by atoms with E-state index in [0.29, 0.717) is 5.56 Å².